The number of rotatable bonds is 3. The van der Waals surface area contributed by atoms with Crippen LogP contribution < -0.4 is 10.9 Å². The number of nitrogens with one attached hydrogen (secondary N) is 2. The average Bonchev–Trinajstić information content (AvgIpc) is 2.39. The van der Waals surface area contributed by atoms with E-state index >= 15 is 0 Å². The molecule has 0 bridgehead atoms. The number of aromatic nitrogens is 2. The van der Waals surface area contributed by atoms with E-state index in [0.29, 0.717) is 0 Å². The van der Waals surface area contributed by atoms with Gasteiger partial charge in [-0.05, 0) is 6.07 Å². The van der Waals surface area contributed by atoms with Crippen molar-refractivity contribution in [3.8, 4) is 0 Å². The Morgan fingerprint density at radius 3 is 2.84 bits per heavy atom. The van der Waals surface area contributed by atoms with Crippen molar-refractivity contribution in [2.24, 2.45) is 0 Å². The van der Waals surface area contributed by atoms with Gasteiger partial charge in [0.15, 0.2) is 0 Å². The van der Waals surface area contributed by atoms with E-state index in [2.05, 4.69) is 15.3 Å². The van der Waals surface area contributed by atoms with Gasteiger partial charge in [-0.2, -0.15) is 0 Å². The summed E-state index contributed by atoms with van der Waals surface area (Å²) in [6.07, 6.45) is 1.10. The number of nitro benzene ring substituents is 1. The molecular formula is C11H8N4O4. The summed E-state index contributed by atoms with van der Waals surface area (Å²) in [5.74, 6) is -0.619. The first-order valence-corrected chi connectivity index (χ1v) is 5.17. The van der Waals surface area contributed by atoms with Gasteiger partial charge in [0.25, 0.3) is 17.2 Å². The van der Waals surface area contributed by atoms with Crippen molar-refractivity contribution < 1.29 is 9.72 Å². The minimum atomic E-state index is -0.619. The molecule has 0 saturated carbocycles. The maximum Gasteiger partial charge on any atom is 0.274 e. The van der Waals surface area contributed by atoms with Crippen LogP contribution in [-0.4, -0.2) is 20.8 Å². The highest BCUT2D eigenvalue weighted by Crippen LogP contribution is 2.17. The standard InChI is InChI=1S/C11H8N4O4/c16-10-5-9(12-6-13-10)11(17)14-7-2-1-3-8(4-7)15(18)19/h1-6H,(H,14,17)(H,12,13,16). The van der Waals surface area contributed by atoms with E-state index in [0.717, 1.165) is 12.4 Å². The summed E-state index contributed by atoms with van der Waals surface area (Å²) in [5, 5.41) is 13.0. The minimum Gasteiger partial charge on any atom is -0.320 e. The van der Waals surface area contributed by atoms with Crippen molar-refractivity contribution in [2.75, 3.05) is 5.32 Å². The topological polar surface area (TPSA) is 118 Å². The summed E-state index contributed by atoms with van der Waals surface area (Å²) in [4.78, 5) is 38.8. The molecule has 1 aromatic carbocycles. The summed E-state index contributed by atoms with van der Waals surface area (Å²) in [6.45, 7) is 0. The summed E-state index contributed by atoms with van der Waals surface area (Å²) in [5.41, 5.74) is -0.424. The summed E-state index contributed by atoms with van der Waals surface area (Å²) < 4.78 is 0. The van der Waals surface area contributed by atoms with Crippen molar-refractivity contribution >= 4 is 17.3 Å². The van der Waals surface area contributed by atoms with Crippen LogP contribution in [0.1, 0.15) is 10.5 Å². The van der Waals surface area contributed by atoms with Crippen LogP contribution in [0.15, 0.2) is 41.5 Å². The second-order valence-corrected chi connectivity index (χ2v) is 3.56. The summed E-state index contributed by atoms with van der Waals surface area (Å²) >= 11 is 0. The Bertz CT molecular complexity index is 695. The number of nitrogens with zero attached hydrogens (tertiary/aromatic N) is 2. The van der Waals surface area contributed by atoms with E-state index in [1.54, 1.807) is 0 Å². The second-order valence-electron chi connectivity index (χ2n) is 3.56. The van der Waals surface area contributed by atoms with E-state index < -0.39 is 16.4 Å². The number of H-pyrrole nitrogens is 1. The molecule has 96 valence electrons. The largest absolute Gasteiger partial charge is 0.320 e. The number of carbonyl (C=O) groups excluding carboxylic acids is 1. The molecule has 0 atom stereocenters. The number of non-ortho nitro benzene ring substituents is 1. The smallest absolute Gasteiger partial charge is 0.274 e. The molecule has 2 N–H and O–H groups in total. The van der Waals surface area contributed by atoms with Crippen LogP contribution >= 0.6 is 0 Å². The molecule has 0 spiro atoms. The third kappa shape index (κ3) is 3.00. The van der Waals surface area contributed by atoms with Gasteiger partial charge in [0.2, 0.25) is 0 Å². The van der Waals surface area contributed by atoms with Gasteiger partial charge in [0.05, 0.1) is 11.3 Å². The van der Waals surface area contributed by atoms with Crippen LogP contribution in [0.2, 0.25) is 0 Å². The molecule has 8 nitrogen and oxygen atoms in total. The molecule has 19 heavy (non-hydrogen) atoms. The molecule has 0 saturated heterocycles. The molecule has 8 heteroatoms. The number of hydrogen-bond donors (Lipinski definition) is 2. The van der Waals surface area contributed by atoms with E-state index in [-0.39, 0.29) is 17.1 Å². The van der Waals surface area contributed by atoms with Crippen molar-refractivity contribution in [3.63, 3.8) is 0 Å². The molecule has 0 radical (unpaired) electrons. The molecule has 2 rings (SSSR count). The first-order valence-electron chi connectivity index (χ1n) is 5.17. The highest BCUT2D eigenvalue weighted by molar-refractivity contribution is 6.02. The molecular weight excluding hydrogens is 252 g/mol. The van der Waals surface area contributed by atoms with Gasteiger partial charge in [0, 0.05) is 23.9 Å². The lowest BCUT2D eigenvalue weighted by Gasteiger charge is -2.03. The second kappa shape index (κ2) is 5.08. The van der Waals surface area contributed by atoms with Crippen LogP contribution in [-0.2, 0) is 0 Å². The van der Waals surface area contributed by atoms with Gasteiger partial charge in [-0.25, -0.2) is 4.98 Å². The predicted molar refractivity (Wildman–Crippen MR) is 65.9 cm³/mol. The third-order valence-electron chi connectivity index (χ3n) is 2.23. The van der Waals surface area contributed by atoms with Crippen molar-refractivity contribution in [2.45, 2.75) is 0 Å². The maximum atomic E-state index is 11.8. The van der Waals surface area contributed by atoms with Gasteiger partial charge in [-0.3, -0.25) is 19.7 Å². The van der Waals surface area contributed by atoms with E-state index in [1.165, 1.54) is 24.3 Å². The van der Waals surface area contributed by atoms with Gasteiger partial charge in [-0.1, -0.05) is 6.07 Å². The lowest BCUT2D eigenvalue weighted by molar-refractivity contribution is -0.384. The Morgan fingerprint density at radius 1 is 1.37 bits per heavy atom. The van der Waals surface area contributed by atoms with Gasteiger partial charge >= 0.3 is 0 Å². The minimum absolute atomic E-state index is 0.0738. The molecule has 0 aliphatic carbocycles. The number of nitro groups is 1. The molecule has 2 aromatic rings. The first-order chi connectivity index (χ1) is 9.06. The van der Waals surface area contributed by atoms with Crippen molar-refractivity contribution in [3.05, 3.63) is 62.8 Å². The number of anilines is 1. The van der Waals surface area contributed by atoms with Gasteiger partial charge in [-0.15, -0.1) is 0 Å². The zero-order chi connectivity index (χ0) is 13.8. The lowest BCUT2D eigenvalue weighted by Crippen LogP contribution is -2.17. The summed E-state index contributed by atoms with van der Waals surface area (Å²) in [6, 6.07) is 6.50. The average molecular weight is 260 g/mol. The van der Waals surface area contributed by atoms with E-state index in [4.69, 9.17) is 0 Å². The van der Waals surface area contributed by atoms with Crippen molar-refractivity contribution in [1.82, 2.24) is 9.97 Å². The Labute approximate surface area is 106 Å². The highest BCUT2D eigenvalue weighted by atomic mass is 16.6. The SMILES string of the molecule is O=C(Nc1cccc([N+](=O)[O-])c1)c1cc(=O)[nH]cn1. The van der Waals surface area contributed by atoms with Crippen molar-refractivity contribution in [1.29, 1.82) is 0 Å². The molecule has 0 fully saturated rings. The number of carbonyl (C=O) groups is 1. The lowest BCUT2D eigenvalue weighted by atomic mass is 10.2. The van der Waals surface area contributed by atoms with Crippen LogP contribution in [0.25, 0.3) is 0 Å². The fraction of sp³-hybridized carbons (Fsp3) is 0. The zero-order valence-corrected chi connectivity index (χ0v) is 9.49. The number of amides is 1. The number of hydrogen-bond acceptors (Lipinski definition) is 5. The molecule has 0 aliphatic rings. The first kappa shape index (κ1) is 12.4. The van der Waals surface area contributed by atoms with Gasteiger partial charge in [0.1, 0.15) is 5.69 Å². The Hall–Kier alpha value is -3.03. The normalized spacial score (nSPS) is 9.89. The zero-order valence-electron chi connectivity index (χ0n) is 9.49. The van der Waals surface area contributed by atoms with Crippen LogP contribution in [0.4, 0.5) is 11.4 Å². The third-order valence-corrected chi connectivity index (χ3v) is 2.23. The maximum absolute atomic E-state index is 11.8. The Balaban J connectivity index is 2.22. The molecule has 0 aliphatic heterocycles. The molecule has 1 heterocycles. The fourth-order valence-corrected chi connectivity index (χ4v) is 1.39. The predicted octanol–water partition coefficient (Wildman–Crippen LogP) is 0.930. The van der Waals surface area contributed by atoms with Crippen LogP contribution in [0.5, 0.6) is 0 Å². The van der Waals surface area contributed by atoms with Crippen LogP contribution in [0, 0.1) is 10.1 Å². The monoisotopic (exact) mass is 260 g/mol. The summed E-state index contributed by atoms with van der Waals surface area (Å²) in [7, 11) is 0. The molecule has 1 amide bonds. The Morgan fingerprint density at radius 2 is 2.16 bits per heavy atom. The highest BCUT2D eigenvalue weighted by Gasteiger charge is 2.10. The fourth-order valence-electron chi connectivity index (χ4n) is 1.39. The van der Waals surface area contributed by atoms with E-state index in [1.807, 2.05) is 0 Å². The van der Waals surface area contributed by atoms with Crippen LogP contribution in [0.3, 0.4) is 0 Å². The quantitative estimate of drug-likeness (QED) is 0.628. The molecule has 1 aromatic heterocycles. The number of aromatic amines is 1. The van der Waals surface area contributed by atoms with E-state index in [9.17, 15) is 19.7 Å². The molecule has 0 unspecified atom stereocenters. The number of benzene rings is 1. The Kier molecular flexibility index (Phi) is 3.33. The van der Waals surface area contributed by atoms with Gasteiger partial charge < -0.3 is 10.3 Å².